The largest absolute Gasteiger partial charge is 0.489 e. The molecule has 24 heavy (non-hydrogen) atoms. The molecule has 2 aromatic heterocycles. The lowest BCUT2D eigenvalue weighted by Gasteiger charge is -2.34. The fourth-order valence-corrected chi connectivity index (χ4v) is 4.02. The Kier molecular flexibility index (Phi) is 3.04. The van der Waals surface area contributed by atoms with Crippen molar-refractivity contribution in [2.75, 3.05) is 24.6 Å². The number of anilines is 1. The summed E-state index contributed by atoms with van der Waals surface area (Å²) in [6.07, 6.45) is 6.04. The average Bonchev–Trinajstić information content (AvgIpc) is 3.27. The summed E-state index contributed by atoms with van der Waals surface area (Å²) < 4.78 is 8.25. The van der Waals surface area contributed by atoms with Crippen molar-refractivity contribution in [2.24, 2.45) is 0 Å². The summed E-state index contributed by atoms with van der Waals surface area (Å²) in [4.78, 5) is 14.9. The average molecular weight is 323 g/mol. The second-order valence-corrected chi connectivity index (χ2v) is 6.82. The van der Waals surface area contributed by atoms with E-state index < -0.39 is 0 Å². The number of piperidine rings is 1. The van der Waals surface area contributed by atoms with Crippen LogP contribution in [0.1, 0.15) is 37.4 Å². The van der Waals surface area contributed by atoms with Crippen molar-refractivity contribution >= 4 is 17.0 Å². The number of hydrogen-bond acceptors (Lipinski definition) is 4. The highest BCUT2D eigenvalue weighted by Gasteiger charge is 2.29. The van der Waals surface area contributed by atoms with E-state index in [9.17, 15) is 0 Å². The van der Waals surface area contributed by atoms with Crippen LogP contribution in [0.5, 0.6) is 5.75 Å². The van der Waals surface area contributed by atoms with Gasteiger partial charge in [-0.2, -0.15) is 0 Å². The summed E-state index contributed by atoms with van der Waals surface area (Å²) in [6.45, 7) is 4.95. The molecule has 0 bridgehead atoms. The molecular formula is C18H21N5O. The molecule has 1 N–H and O–H groups in total. The summed E-state index contributed by atoms with van der Waals surface area (Å²) in [5, 5.41) is 0. The number of aromatic nitrogens is 4. The lowest BCUT2D eigenvalue weighted by Crippen LogP contribution is -2.36. The Balaban J connectivity index is 1.48. The van der Waals surface area contributed by atoms with Gasteiger partial charge in [-0.3, -0.25) is 0 Å². The van der Waals surface area contributed by atoms with Gasteiger partial charge in [0.1, 0.15) is 17.9 Å². The lowest BCUT2D eigenvalue weighted by atomic mass is 9.94. The molecule has 124 valence electrons. The molecule has 0 spiro atoms. The molecule has 1 fully saturated rings. The summed E-state index contributed by atoms with van der Waals surface area (Å²) in [5.41, 5.74) is 3.36. The SMILES string of the molecule is C[C@@H]1COc2cccc3nc(N4CCC(c5c[nH]cn5)CC4)n1c23. The molecule has 1 atom stereocenters. The highest BCUT2D eigenvalue weighted by molar-refractivity contribution is 5.85. The molecule has 4 heterocycles. The number of ether oxygens (including phenoxy) is 1. The number of benzene rings is 1. The van der Waals surface area contributed by atoms with Crippen LogP contribution < -0.4 is 9.64 Å². The van der Waals surface area contributed by atoms with Crippen molar-refractivity contribution in [1.82, 2.24) is 19.5 Å². The van der Waals surface area contributed by atoms with Gasteiger partial charge < -0.3 is 19.2 Å². The number of hydrogen-bond donors (Lipinski definition) is 1. The number of H-pyrrole nitrogens is 1. The van der Waals surface area contributed by atoms with Crippen LogP contribution in [0.3, 0.4) is 0 Å². The van der Waals surface area contributed by atoms with E-state index in [0.717, 1.165) is 48.7 Å². The van der Waals surface area contributed by atoms with Gasteiger partial charge in [0.25, 0.3) is 0 Å². The van der Waals surface area contributed by atoms with E-state index >= 15 is 0 Å². The quantitative estimate of drug-likeness (QED) is 0.787. The zero-order valence-electron chi connectivity index (χ0n) is 13.8. The van der Waals surface area contributed by atoms with Crippen molar-refractivity contribution in [3.63, 3.8) is 0 Å². The summed E-state index contributed by atoms with van der Waals surface area (Å²) in [5.74, 6) is 2.60. The molecule has 6 nitrogen and oxygen atoms in total. The minimum atomic E-state index is 0.309. The van der Waals surface area contributed by atoms with E-state index in [4.69, 9.17) is 9.72 Å². The van der Waals surface area contributed by atoms with E-state index in [1.54, 1.807) is 6.33 Å². The molecular weight excluding hydrogens is 302 g/mol. The maximum atomic E-state index is 5.88. The molecule has 0 unspecified atom stereocenters. The molecule has 2 aliphatic rings. The summed E-state index contributed by atoms with van der Waals surface area (Å²) in [7, 11) is 0. The van der Waals surface area contributed by atoms with Gasteiger partial charge >= 0.3 is 0 Å². The highest BCUT2D eigenvalue weighted by atomic mass is 16.5. The smallest absolute Gasteiger partial charge is 0.207 e. The number of nitrogens with zero attached hydrogens (tertiary/aromatic N) is 4. The summed E-state index contributed by atoms with van der Waals surface area (Å²) in [6, 6.07) is 6.46. The van der Waals surface area contributed by atoms with E-state index in [2.05, 4.69) is 32.4 Å². The molecule has 2 aliphatic heterocycles. The molecule has 1 saturated heterocycles. The van der Waals surface area contributed by atoms with Gasteiger partial charge in [-0.25, -0.2) is 9.97 Å². The molecule has 6 heteroatoms. The van der Waals surface area contributed by atoms with Gasteiger partial charge in [-0.15, -0.1) is 0 Å². The highest BCUT2D eigenvalue weighted by Crippen LogP contribution is 2.38. The Morgan fingerprint density at radius 1 is 1.25 bits per heavy atom. The van der Waals surface area contributed by atoms with Crippen LogP contribution in [0.4, 0.5) is 5.95 Å². The Morgan fingerprint density at radius 2 is 2.12 bits per heavy atom. The number of para-hydroxylation sites is 1. The number of rotatable bonds is 2. The Labute approximate surface area is 140 Å². The van der Waals surface area contributed by atoms with Gasteiger partial charge in [0, 0.05) is 25.2 Å². The zero-order valence-corrected chi connectivity index (χ0v) is 13.8. The molecule has 0 aliphatic carbocycles. The predicted molar refractivity (Wildman–Crippen MR) is 92.7 cm³/mol. The normalized spacial score (nSPS) is 21.2. The second kappa shape index (κ2) is 5.26. The van der Waals surface area contributed by atoms with Crippen LogP contribution in [-0.2, 0) is 0 Å². The van der Waals surface area contributed by atoms with E-state index in [-0.39, 0.29) is 0 Å². The molecule has 0 amide bonds. The fraction of sp³-hybridized carbons (Fsp3) is 0.444. The van der Waals surface area contributed by atoms with Crippen molar-refractivity contribution in [2.45, 2.75) is 31.7 Å². The maximum Gasteiger partial charge on any atom is 0.207 e. The van der Waals surface area contributed by atoms with Crippen LogP contribution in [0, 0.1) is 0 Å². The zero-order chi connectivity index (χ0) is 16.1. The van der Waals surface area contributed by atoms with Gasteiger partial charge in [-0.05, 0) is 31.9 Å². The summed E-state index contributed by atoms with van der Waals surface area (Å²) >= 11 is 0. The van der Waals surface area contributed by atoms with Gasteiger partial charge in [0.15, 0.2) is 0 Å². The predicted octanol–water partition coefficient (Wildman–Crippen LogP) is 3.10. The number of aromatic amines is 1. The first kappa shape index (κ1) is 13.9. The Bertz CT molecular complexity index is 861. The molecule has 0 saturated carbocycles. The fourth-order valence-electron chi connectivity index (χ4n) is 4.02. The van der Waals surface area contributed by atoms with Gasteiger partial charge in [0.2, 0.25) is 5.95 Å². The maximum absolute atomic E-state index is 5.88. The van der Waals surface area contributed by atoms with Crippen LogP contribution in [0.2, 0.25) is 0 Å². The van der Waals surface area contributed by atoms with Crippen molar-refractivity contribution < 1.29 is 4.74 Å². The van der Waals surface area contributed by atoms with E-state index in [1.165, 1.54) is 5.69 Å². The number of nitrogens with one attached hydrogen (secondary N) is 1. The second-order valence-electron chi connectivity index (χ2n) is 6.82. The van der Waals surface area contributed by atoms with Crippen molar-refractivity contribution in [3.05, 3.63) is 36.4 Å². The van der Waals surface area contributed by atoms with Gasteiger partial charge in [-0.1, -0.05) is 6.07 Å². The molecule has 1 aromatic carbocycles. The topological polar surface area (TPSA) is 59.0 Å². The van der Waals surface area contributed by atoms with Crippen molar-refractivity contribution in [1.29, 1.82) is 0 Å². The van der Waals surface area contributed by atoms with Crippen molar-refractivity contribution in [3.8, 4) is 5.75 Å². The van der Waals surface area contributed by atoms with Crippen LogP contribution in [0.25, 0.3) is 11.0 Å². The van der Waals surface area contributed by atoms with Crippen LogP contribution in [-0.4, -0.2) is 39.2 Å². The molecule has 3 aromatic rings. The van der Waals surface area contributed by atoms with E-state index in [1.807, 2.05) is 18.3 Å². The van der Waals surface area contributed by atoms with Gasteiger partial charge in [0.05, 0.1) is 23.6 Å². The monoisotopic (exact) mass is 323 g/mol. The Hall–Kier alpha value is -2.50. The first-order valence-electron chi connectivity index (χ1n) is 8.68. The van der Waals surface area contributed by atoms with Crippen LogP contribution >= 0.6 is 0 Å². The Morgan fingerprint density at radius 3 is 2.92 bits per heavy atom. The lowest BCUT2D eigenvalue weighted by molar-refractivity contribution is 0.248. The third-order valence-electron chi connectivity index (χ3n) is 5.29. The van der Waals surface area contributed by atoms with E-state index in [0.29, 0.717) is 18.6 Å². The van der Waals surface area contributed by atoms with Crippen LogP contribution in [0.15, 0.2) is 30.7 Å². The third kappa shape index (κ3) is 2.02. The first-order chi connectivity index (χ1) is 11.8. The minimum Gasteiger partial charge on any atom is -0.489 e. The first-order valence-corrected chi connectivity index (χ1v) is 8.68. The molecule has 0 radical (unpaired) electrons. The molecule has 5 rings (SSSR count). The standard InChI is InChI=1S/C18H21N5O/c1-12-10-24-16-4-2-3-14-17(16)23(12)18(21-14)22-7-5-13(6-8-22)15-9-19-11-20-15/h2-4,9,11-13H,5-8,10H2,1H3,(H,19,20)/t12-/m1/s1. The number of imidazole rings is 2. The third-order valence-corrected chi connectivity index (χ3v) is 5.29. The minimum absolute atomic E-state index is 0.309.